The first-order chi connectivity index (χ1) is 21.0. The number of thioether (sulfide) groups is 1. The number of para-hydroxylation sites is 1. The summed E-state index contributed by atoms with van der Waals surface area (Å²) in [6.07, 6.45) is 4.06. The number of phenolic OH excluding ortho intramolecular Hbond substituents is 1. The third-order valence-electron chi connectivity index (χ3n) is 7.07. The van der Waals surface area contributed by atoms with E-state index >= 15 is 0 Å². The van der Waals surface area contributed by atoms with Gasteiger partial charge in [-0.25, -0.2) is 4.79 Å². The number of amides is 4. The highest BCUT2D eigenvalue weighted by Gasteiger charge is 2.31. The van der Waals surface area contributed by atoms with Crippen molar-refractivity contribution >= 4 is 52.3 Å². The van der Waals surface area contributed by atoms with Crippen LogP contribution in [-0.4, -0.2) is 100.0 Å². The van der Waals surface area contributed by atoms with Crippen molar-refractivity contribution in [3.05, 3.63) is 65.9 Å². The Morgan fingerprint density at radius 2 is 1.68 bits per heavy atom. The van der Waals surface area contributed by atoms with Gasteiger partial charge in [0.2, 0.25) is 23.6 Å². The predicted octanol–water partition coefficient (Wildman–Crippen LogP) is 0.368. The molecule has 3 aromatic rings. The number of aromatic amines is 1. The maximum Gasteiger partial charge on any atom is 0.326 e. The van der Waals surface area contributed by atoms with Crippen molar-refractivity contribution in [1.29, 1.82) is 0 Å². The fourth-order valence-corrected chi connectivity index (χ4v) is 4.96. The summed E-state index contributed by atoms with van der Waals surface area (Å²) in [7, 11) is 1.41. The molecule has 1 heterocycles. The van der Waals surface area contributed by atoms with E-state index in [-0.39, 0.29) is 25.0 Å². The van der Waals surface area contributed by atoms with Crippen LogP contribution in [0.1, 0.15) is 17.5 Å². The van der Waals surface area contributed by atoms with Gasteiger partial charge < -0.3 is 41.8 Å². The largest absolute Gasteiger partial charge is 0.508 e. The zero-order valence-electron chi connectivity index (χ0n) is 24.5. The number of hydrogen-bond acceptors (Lipinski definition) is 8. The van der Waals surface area contributed by atoms with Gasteiger partial charge in [-0.05, 0) is 54.2 Å². The second-order valence-corrected chi connectivity index (χ2v) is 11.2. The van der Waals surface area contributed by atoms with Crippen LogP contribution in [0.15, 0.2) is 54.7 Å². The lowest BCUT2D eigenvalue weighted by Crippen LogP contribution is -2.55. The molecule has 44 heavy (non-hydrogen) atoms. The number of rotatable bonds is 16. The summed E-state index contributed by atoms with van der Waals surface area (Å²) < 4.78 is 0. The lowest BCUT2D eigenvalue weighted by atomic mass is 10.0. The van der Waals surface area contributed by atoms with Crippen molar-refractivity contribution in [2.75, 3.05) is 32.1 Å². The first-order valence-corrected chi connectivity index (χ1v) is 15.3. The van der Waals surface area contributed by atoms with E-state index in [4.69, 9.17) is 5.73 Å². The molecule has 4 amide bonds. The molecule has 0 unspecified atom stereocenters. The zero-order chi connectivity index (χ0) is 32.2. The molecule has 1 aromatic heterocycles. The molecule has 8 N–H and O–H groups in total. The maximum absolute atomic E-state index is 13.4. The van der Waals surface area contributed by atoms with Crippen LogP contribution in [0.25, 0.3) is 10.9 Å². The average molecular weight is 627 g/mol. The third kappa shape index (κ3) is 9.74. The molecule has 2 aromatic carbocycles. The smallest absolute Gasteiger partial charge is 0.326 e. The normalized spacial score (nSPS) is 13.0. The quantitative estimate of drug-likeness (QED) is 0.117. The Morgan fingerprint density at radius 1 is 0.977 bits per heavy atom. The summed E-state index contributed by atoms with van der Waals surface area (Å²) in [5.74, 6) is -3.01. The van der Waals surface area contributed by atoms with Crippen molar-refractivity contribution in [2.45, 2.75) is 37.4 Å². The van der Waals surface area contributed by atoms with E-state index in [9.17, 15) is 34.2 Å². The molecule has 0 saturated heterocycles. The fourth-order valence-electron chi connectivity index (χ4n) is 4.49. The van der Waals surface area contributed by atoms with Gasteiger partial charge in [-0.15, -0.1) is 0 Å². The number of likely N-dealkylation sites (N-methyl/N-ethyl adjacent to an activating group) is 1. The summed E-state index contributed by atoms with van der Waals surface area (Å²) in [6.45, 7) is -0.884. The maximum atomic E-state index is 13.4. The van der Waals surface area contributed by atoms with E-state index in [2.05, 4.69) is 20.9 Å². The number of aliphatic carboxylic acids is 1. The van der Waals surface area contributed by atoms with E-state index in [0.717, 1.165) is 22.0 Å². The van der Waals surface area contributed by atoms with Crippen LogP contribution in [0.2, 0.25) is 0 Å². The number of hydrogen-bond donors (Lipinski definition) is 7. The lowest BCUT2D eigenvalue weighted by molar-refractivity contribution is -0.144. The van der Waals surface area contributed by atoms with E-state index in [0.29, 0.717) is 5.75 Å². The zero-order valence-corrected chi connectivity index (χ0v) is 25.4. The van der Waals surface area contributed by atoms with Gasteiger partial charge in [-0.2, -0.15) is 11.8 Å². The molecule has 3 rings (SSSR count). The van der Waals surface area contributed by atoms with Crippen LogP contribution in [0, 0.1) is 0 Å². The van der Waals surface area contributed by atoms with Gasteiger partial charge in [0.05, 0.1) is 19.1 Å². The number of carbonyl (C=O) groups is 5. The Morgan fingerprint density at radius 3 is 2.36 bits per heavy atom. The van der Waals surface area contributed by atoms with Crippen LogP contribution < -0.4 is 21.7 Å². The molecule has 0 saturated carbocycles. The van der Waals surface area contributed by atoms with Crippen molar-refractivity contribution < 1.29 is 34.2 Å². The highest BCUT2D eigenvalue weighted by atomic mass is 32.2. The van der Waals surface area contributed by atoms with Crippen LogP contribution >= 0.6 is 11.8 Å². The minimum atomic E-state index is -1.18. The number of nitrogens with one attached hydrogen (secondary N) is 4. The molecule has 0 fully saturated rings. The summed E-state index contributed by atoms with van der Waals surface area (Å²) in [4.78, 5) is 67.4. The van der Waals surface area contributed by atoms with Gasteiger partial charge in [0.25, 0.3) is 0 Å². The average Bonchev–Trinajstić information content (AvgIpc) is 3.42. The first-order valence-electron chi connectivity index (χ1n) is 13.9. The van der Waals surface area contributed by atoms with Crippen LogP contribution in [0.5, 0.6) is 5.75 Å². The van der Waals surface area contributed by atoms with Crippen LogP contribution in [0.4, 0.5) is 0 Å². The molecule has 0 spiro atoms. The number of fused-ring (bicyclic) bond motifs is 1. The molecular weight excluding hydrogens is 588 g/mol. The Balaban J connectivity index is 1.61. The van der Waals surface area contributed by atoms with Gasteiger partial charge in [0, 0.05) is 30.6 Å². The highest BCUT2D eigenvalue weighted by Crippen LogP contribution is 2.21. The molecule has 0 aliphatic carbocycles. The monoisotopic (exact) mass is 626 g/mol. The number of phenols is 1. The fraction of sp³-hybridized carbons (Fsp3) is 0.367. The van der Waals surface area contributed by atoms with E-state index in [1.54, 1.807) is 18.3 Å². The Hall–Kier alpha value is -4.56. The number of nitrogens with zero attached hydrogens (tertiary/aromatic N) is 1. The van der Waals surface area contributed by atoms with Crippen molar-refractivity contribution in [3.63, 3.8) is 0 Å². The van der Waals surface area contributed by atoms with Gasteiger partial charge in [-0.1, -0.05) is 30.3 Å². The Labute approximate surface area is 258 Å². The second-order valence-electron chi connectivity index (χ2n) is 10.2. The lowest BCUT2D eigenvalue weighted by Gasteiger charge is -2.29. The summed E-state index contributed by atoms with van der Waals surface area (Å²) in [5, 5.41) is 27.3. The van der Waals surface area contributed by atoms with Crippen molar-refractivity contribution in [3.8, 4) is 5.75 Å². The standard InChI is InChI=1S/C30H38N6O7S/c1-36(27(39)17-33-26(38)16-34-28(40)22(31)13-18-7-9-20(37)10-8-18)25(29(41)35-24(30(42)43)11-12-44-2)14-19-15-32-23-6-4-3-5-21(19)23/h3-10,15,22,24-25,32,37H,11-14,16-17,31H2,1-2H3,(H,33,38)(H,34,40)(H,35,41)(H,42,43)/t22-,24-,25+/m0/s1. The summed E-state index contributed by atoms with van der Waals surface area (Å²) in [5.41, 5.74) is 8.25. The molecule has 0 aliphatic rings. The second kappa shape index (κ2) is 16.3. The molecule has 3 atom stereocenters. The minimum Gasteiger partial charge on any atom is -0.508 e. The third-order valence-corrected chi connectivity index (χ3v) is 7.71. The number of carbonyl (C=O) groups excluding carboxylic acids is 4. The van der Waals surface area contributed by atoms with E-state index < -0.39 is 60.8 Å². The Kier molecular flexibility index (Phi) is 12.6. The topological polar surface area (TPSA) is 207 Å². The molecule has 236 valence electrons. The molecule has 0 aliphatic heterocycles. The number of carboxylic acids is 1. The first kappa shape index (κ1) is 33.9. The molecule has 13 nitrogen and oxygen atoms in total. The Bertz CT molecular complexity index is 1460. The number of nitrogens with two attached hydrogens (primary N) is 1. The molecule has 0 radical (unpaired) electrons. The molecule has 0 bridgehead atoms. The van der Waals surface area contributed by atoms with Gasteiger partial charge >= 0.3 is 5.97 Å². The number of H-pyrrole nitrogens is 1. The summed E-state index contributed by atoms with van der Waals surface area (Å²) in [6, 6.07) is 10.5. The van der Waals surface area contributed by atoms with E-state index in [1.807, 2.05) is 30.5 Å². The van der Waals surface area contributed by atoms with Gasteiger partial charge in [0.1, 0.15) is 17.8 Å². The molecular formula is C30H38N6O7S. The number of benzene rings is 2. The number of carboxylic acid groups (broad SMARTS) is 1. The van der Waals surface area contributed by atoms with Gasteiger partial charge in [0.15, 0.2) is 0 Å². The van der Waals surface area contributed by atoms with Crippen LogP contribution in [-0.2, 0) is 36.8 Å². The predicted molar refractivity (Wildman–Crippen MR) is 167 cm³/mol. The van der Waals surface area contributed by atoms with Crippen LogP contribution in [0.3, 0.4) is 0 Å². The number of aromatic hydroxyl groups is 1. The SMILES string of the molecule is CSCC[C@H](NC(=O)[C@@H](Cc1c[nH]c2ccccc12)N(C)C(=O)CNC(=O)CNC(=O)[C@@H](N)Cc1ccc(O)cc1)C(=O)O. The summed E-state index contributed by atoms with van der Waals surface area (Å²) >= 11 is 1.45. The van der Waals surface area contributed by atoms with Crippen molar-refractivity contribution in [2.24, 2.45) is 5.73 Å². The van der Waals surface area contributed by atoms with Crippen molar-refractivity contribution in [1.82, 2.24) is 25.8 Å². The van der Waals surface area contributed by atoms with E-state index in [1.165, 1.54) is 35.8 Å². The highest BCUT2D eigenvalue weighted by molar-refractivity contribution is 7.98. The number of aromatic nitrogens is 1. The van der Waals surface area contributed by atoms with Gasteiger partial charge in [-0.3, -0.25) is 19.2 Å². The molecule has 14 heteroatoms. The minimum absolute atomic E-state index is 0.0872.